The summed E-state index contributed by atoms with van der Waals surface area (Å²) in [6, 6.07) is 4.43. The molecule has 1 heterocycles. The van der Waals surface area contributed by atoms with Crippen molar-refractivity contribution in [1.82, 2.24) is 16.2 Å². The third kappa shape index (κ3) is 6.68. The molecule has 0 radical (unpaired) electrons. The number of thiophene rings is 1. The molecular weight excluding hydrogens is 476 g/mol. The van der Waals surface area contributed by atoms with Gasteiger partial charge in [-0.2, -0.15) is 11.8 Å². The summed E-state index contributed by atoms with van der Waals surface area (Å²) in [5, 5.41) is 13.5. The van der Waals surface area contributed by atoms with Crippen molar-refractivity contribution in [3.63, 3.8) is 0 Å². The zero-order valence-corrected chi connectivity index (χ0v) is 20.1. The minimum absolute atomic E-state index is 0.00626. The van der Waals surface area contributed by atoms with Gasteiger partial charge in [-0.05, 0) is 55.5 Å². The number of benzene rings is 1. The molecular formula is C20H23ClN4O5S2. The Labute approximate surface area is 198 Å². The summed E-state index contributed by atoms with van der Waals surface area (Å²) in [5.41, 5.74) is 5.32. The minimum atomic E-state index is -0.957. The molecule has 3 N–H and O–H groups in total. The van der Waals surface area contributed by atoms with E-state index in [4.69, 9.17) is 11.6 Å². The first-order chi connectivity index (χ1) is 15.2. The second-order valence-corrected chi connectivity index (χ2v) is 9.27. The van der Waals surface area contributed by atoms with E-state index in [0.29, 0.717) is 17.1 Å². The van der Waals surface area contributed by atoms with Crippen LogP contribution in [0.15, 0.2) is 24.3 Å². The van der Waals surface area contributed by atoms with E-state index in [0.717, 1.165) is 22.9 Å². The Hall–Kier alpha value is -2.63. The number of nitro benzene ring substituents is 1. The fourth-order valence-corrected chi connectivity index (χ4v) is 4.46. The van der Waals surface area contributed by atoms with E-state index in [9.17, 15) is 24.5 Å². The fraction of sp³-hybridized carbons (Fsp3) is 0.350. The van der Waals surface area contributed by atoms with Crippen molar-refractivity contribution in [3.8, 4) is 0 Å². The van der Waals surface area contributed by atoms with Gasteiger partial charge in [0.05, 0.1) is 9.80 Å². The lowest BCUT2D eigenvalue weighted by Gasteiger charge is -2.18. The largest absolute Gasteiger partial charge is 0.340 e. The first kappa shape index (κ1) is 25.6. The summed E-state index contributed by atoms with van der Waals surface area (Å²) >= 11 is 8.62. The predicted octanol–water partition coefficient (Wildman–Crippen LogP) is 3.49. The summed E-state index contributed by atoms with van der Waals surface area (Å²) < 4.78 is 0. The Morgan fingerprint density at radius 3 is 2.53 bits per heavy atom. The molecule has 0 aliphatic heterocycles. The number of nitro groups is 1. The van der Waals surface area contributed by atoms with E-state index in [1.165, 1.54) is 35.2 Å². The summed E-state index contributed by atoms with van der Waals surface area (Å²) in [6.45, 7) is 3.91. The highest BCUT2D eigenvalue weighted by molar-refractivity contribution is 7.98. The van der Waals surface area contributed by atoms with Gasteiger partial charge in [0, 0.05) is 16.5 Å². The molecule has 0 spiro atoms. The fourth-order valence-electron chi connectivity index (χ4n) is 2.79. The normalized spacial score (nSPS) is 11.5. The topological polar surface area (TPSA) is 130 Å². The van der Waals surface area contributed by atoms with Crippen molar-refractivity contribution in [3.05, 3.63) is 60.3 Å². The second-order valence-electron chi connectivity index (χ2n) is 6.74. The maximum atomic E-state index is 12.6. The van der Waals surface area contributed by atoms with Crippen molar-refractivity contribution in [2.24, 2.45) is 0 Å². The number of hydrazine groups is 1. The maximum Gasteiger partial charge on any atom is 0.288 e. The number of carbonyl (C=O) groups is 3. The number of thioether (sulfide) groups is 1. The summed E-state index contributed by atoms with van der Waals surface area (Å²) in [4.78, 5) is 49.5. The molecule has 172 valence electrons. The van der Waals surface area contributed by atoms with Crippen molar-refractivity contribution >= 4 is 58.1 Å². The Morgan fingerprint density at radius 2 is 1.94 bits per heavy atom. The lowest BCUT2D eigenvalue weighted by molar-refractivity contribution is -0.384. The minimum Gasteiger partial charge on any atom is -0.340 e. The first-order valence-electron chi connectivity index (χ1n) is 9.61. The van der Waals surface area contributed by atoms with E-state index in [-0.39, 0.29) is 10.6 Å². The van der Waals surface area contributed by atoms with E-state index in [1.807, 2.05) is 20.1 Å². The first-order valence-corrected chi connectivity index (χ1v) is 12.2. The lowest BCUT2D eigenvalue weighted by atomic mass is 10.1. The van der Waals surface area contributed by atoms with Crippen LogP contribution in [0.3, 0.4) is 0 Å². The Bertz CT molecular complexity index is 1030. The van der Waals surface area contributed by atoms with Crippen molar-refractivity contribution in [2.75, 3.05) is 12.0 Å². The van der Waals surface area contributed by atoms with Crippen LogP contribution in [-0.4, -0.2) is 40.7 Å². The number of rotatable bonds is 9. The quantitative estimate of drug-likeness (QED) is 0.358. The average Bonchev–Trinajstić information content (AvgIpc) is 3.15. The van der Waals surface area contributed by atoms with Crippen molar-refractivity contribution in [2.45, 2.75) is 32.7 Å². The van der Waals surface area contributed by atoms with Crippen LogP contribution in [0.1, 0.15) is 43.8 Å². The number of aryl methyl sites for hydroxylation is 2. The molecule has 0 fully saturated rings. The highest BCUT2D eigenvalue weighted by Gasteiger charge is 2.24. The van der Waals surface area contributed by atoms with Crippen LogP contribution in [0.25, 0.3) is 0 Å². The molecule has 32 heavy (non-hydrogen) atoms. The molecule has 9 nitrogen and oxygen atoms in total. The number of nitrogens with zero attached hydrogens (tertiary/aromatic N) is 1. The van der Waals surface area contributed by atoms with Crippen LogP contribution in [-0.2, 0) is 11.2 Å². The lowest BCUT2D eigenvalue weighted by Crippen LogP contribution is -2.52. The van der Waals surface area contributed by atoms with Crippen LogP contribution >= 0.6 is 34.7 Å². The van der Waals surface area contributed by atoms with Gasteiger partial charge in [-0.15, -0.1) is 11.3 Å². The van der Waals surface area contributed by atoms with Gasteiger partial charge >= 0.3 is 0 Å². The van der Waals surface area contributed by atoms with E-state index >= 15 is 0 Å². The zero-order valence-electron chi connectivity index (χ0n) is 17.7. The van der Waals surface area contributed by atoms with Gasteiger partial charge in [0.1, 0.15) is 11.1 Å². The summed E-state index contributed by atoms with van der Waals surface area (Å²) in [5.74, 6) is -1.15. The van der Waals surface area contributed by atoms with Gasteiger partial charge < -0.3 is 5.32 Å². The third-order valence-corrected chi connectivity index (χ3v) is 6.85. The Morgan fingerprint density at radius 1 is 1.22 bits per heavy atom. The average molecular weight is 499 g/mol. The molecule has 12 heteroatoms. The van der Waals surface area contributed by atoms with Crippen LogP contribution < -0.4 is 16.2 Å². The van der Waals surface area contributed by atoms with Gasteiger partial charge in [0.25, 0.3) is 23.4 Å². The maximum absolute atomic E-state index is 12.6. The van der Waals surface area contributed by atoms with Gasteiger partial charge in [0.15, 0.2) is 0 Å². The molecule has 1 aromatic heterocycles. The number of nitrogens with one attached hydrogen (secondary N) is 3. The van der Waals surface area contributed by atoms with Gasteiger partial charge in [-0.3, -0.25) is 35.3 Å². The molecule has 3 amide bonds. The van der Waals surface area contributed by atoms with E-state index < -0.39 is 34.4 Å². The summed E-state index contributed by atoms with van der Waals surface area (Å²) in [6.07, 6.45) is 2.95. The molecule has 0 saturated carbocycles. The van der Waals surface area contributed by atoms with Crippen molar-refractivity contribution in [1.29, 1.82) is 0 Å². The second kappa shape index (κ2) is 11.8. The molecule has 2 aromatic rings. The van der Waals surface area contributed by atoms with Crippen LogP contribution in [0.5, 0.6) is 0 Å². The third-order valence-electron chi connectivity index (χ3n) is 4.50. The smallest absolute Gasteiger partial charge is 0.288 e. The molecule has 1 aromatic carbocycles. The van der Waals surface area contributed by atoms with E-state index in [2.05, 4.69) is 16.2 Å². The molecule has 0 saturated heterocycles. The predicted molar refractivity (Wildman–Crippen MR) is 126 cm³/mol. The molecule has 0 bridgehead atoms. The van der Waals surface area contributed by atoms with E-state index in [1.54, 1.807) is 6.07 Å². The van der Waals surface area contributed by atoms with Crippen LogP contribution in [0.4, 0.5) is 5.69 Å². The van der Waals surface area contributed by atoms with Gasteiger partial charge in [-0.25, -0.2) is 0 Å². The number of hydrogen-bond donors (Lipinski definition) is 3. The monoisotopic (exact) mass is 498 g/mol. The Kier molecular flexibility index (Phi) is 9.48. The zero-order chi connectivity index (χ0) is 23.8. The Balaban J connectivity index is 2.07. The highest BCUT2D eigenvalue weighted by atomic mass is 35.5. The number of carbonyl (C=O) groups excluding carboxylic acids is 3. The summed E-state index contributed by atoms with van der Waals surface area (Å²) in [7, 11) is 0. The molecule has 2 rings (SSSR count). The standard InChI is InChI=1S/C20H23ClN4O5S2/c1-4-16-11(2)9-17(32-16)20(28)24-23-19(27)14(7-8-31-3)22-18(26)12-5-6-13(21)15(10-12)25(29)30/h5-6,9-10,14H,4,7-8H2,1-3H3,(H,22,26)(H,23,27)(H,24,28). The number of hydrogen-bond acceptors (Lipinski definition) is 7. The number of amides is 3. The molecule has 0 aliphatic rings. The van der Waals surface area contributed by atoms with Gasteiger partial charge in [0.2, 0.25) is 0 Å². The highest BCUT2D eigenvalue weighted by Crippen LogP contribution is 2.25. The molecule has 1 atom stereocenters. The SMILES string of the molecule is CCc1sc(C(=O)NNC(=O)C(CCSC)NC(=O)c2ccc(Cl)c([N+](=O)[O-])c2)cc1C. The van der Waals surface area contributed by atoms with Gasteiger partial charge in [-0.1, -0.05) is 18.5 Å². The number of halogens is 1. The van der Waals surface area contributed by atoms with Crippen LogP contribution in [0.2, 0.25) is 5.02 Å². The molecule has 1 unspecified atom stereocenters. The molecule has 0 aliphatic carbocycles. The van der Waals surface area contributed by atoms with Crippen molar-refractivity contribution < 1.29 is 19.3 Å². The van der Waals surface area contributed by atoms with Crippen LogP contribution in [0, 0.1) is 17.0 Å².